The zero-order valence-corrected chi connectivity index (χ0v) is 14.1. The van der Waals surface area contributed by atoms with Crippen molar-refractivity contribution in [2.75, 3.05) is 0 Å². The van der Waals surface area contributed by atoms with Crippen molar-refractivity contribution < 1.29 is 23.4 Å². The van der Waals surface area contributed by atoms with E-state index in [1.165, 1.54) is 0 Å². The SMILES string of the molecule is Cc1ccccc1N=Cc1ccccc1O.[CH3-].[Ti+][Br]. The van der Waals surface area contributed by atoms with Crippen LogP contribution in [0.3, 0.4) is 0 Å². The summed E-state index contributed by atoms with van der Waals surface area (Å²) in [7, 11) is 0. The van der Waals surface area contributed by atoms with Crippen LogP contribution in [0, 0.1) is 14.4 Å². The quantitative estimate of drug-likeness (QED) is 0.472. The number of aryl methyl sites for hydroxylation is 1. The Morgan fingerprint density at radius 3 is 2.26 bits per heavy atom. The third-order valence-corrected chi connectivity index (χ3v) is 2.39. The molecule has 0 aliphatic carbocycles. The van der Waals surface area contributed by atoms with E-state index in [9.17, 15) is 5.11 Å². The molecule has 0 fully saturated rings. The number of phenolic OH excluding ortho intramolecular Hbond substituents is 1. The Balaban J connectivity index is 0.00000103. The van der Waals surface area contributed by atoms with Gasteiger partial charge in [0.25, 0.3) is 0 Å². The Bertz CT molecular complexity index is 482. The van der Waals surface area contributed by atoms with Crippen LogP contribution in [-0.4, -0.2) is 11.3 Å². The molecule has 2 aromatic carbocycles. The van der Waals surface area contributed by atoms with Gasteiger partial charge in [-0.15, -0.1) is 0 Å². The molecule has 0 aliphatic heterocycles. The summed E-state index contributed by atoms with van der Waals surface area (Å²) >= 11 is 4.75. The van der Waals surface area contributed by atoms with Gasteiger partial charge in [0.05, 0.1) is 5.69 Å². The Kier molecular flexibility index (Phi) is 9.49. The van der Waals surface area contributed by atoms with E-state index in [4.69, 9.17) is 0 Å². The van der Waals surface area contributed by atoms with E-state index < -0.39 is 0 Å². The van der Waals surface area contributed by atoms with Gasteiger partial charge in [0, 0.05) is 11.8 Å². The van der Waals surface area contributed by atoms with E-state index in [-0.39, 0.29) is 13.2 Å². The fraction of sp³-hybridized carbons (Fsp3) is 0.0667. The number of halogens is 1. The maximum absolute atomic E-state index is 9.57. The summed E-state index contributed by atoms with van der Waals surface area (Å²) < 4.78 is 0. The Morgan fingerprint density at radius 2 is 1.63 bits per heavy atom. The monoisotopic (exact) mass is 353 g/mol. The summed E-state index contributed by atoms with van der Waals surface area (Å²) in [6, 6.07) is 15.0. The molecule has 0 heterocycles. The van der Waals surface area contributed by atoms with Crippen molar-refractivity contribution in [1.29, 1.82) is 0 Å². The van der Waals surface area contributed by atoms with Crippen molar-refractivity contribution in [3.63, 3.8) is 0 Å². The summed E-state index contributed by atoms with van der Waals surface area (Å²) in [5.74, 6) is 0.250. The van der Waals surface area contributed by atoms with Gasteiger partial charge in [-0.3, -0.25) is 4.99 Å². The van der Waals surface area contributed by atoms with Crippen molar-refractivity contribution in [1.82, 2.24) is 0 Å². The fourth-order valence-electron chi connectivity index (χ4n) is 1.44. The van der Waals surface area contributed by atoms with E-state index in [1.807, 2.05) is 61.7 Å². The maximum atomic E-state index is 9.57. The van der Waals surface area contributed by atoms with Crippen molar-refractivity contribution in [3.8, 4) is 5.75 Å². The molecule has 2 nitrogen and oxygen atoms in total. The van der Waals surface area contributed by atoms with Crippen molar-refractivity contribution >= 4 is 25.1 Å². The topological polar surface area (TPSA) is 32.6 Å². The summed E-state index contributed by atoms with van der Waals surface area (Å²) in [6.07, 6.45) is 1.68. The molecule has 0 aromatic heterocycles. The zero-order chi connectivity index (χ0) is 13.4. The molecule has 0 amide bonds. The molecule has 4 heteroatoms. The first-order valence-electron chi connectivity index (χ1n) is 5.34. The molecule has 0 unspecified atom stereocenters. The Hall–Kier alpha value is -0.896. The summed E-state index contributed by atoms with van der Waals surface area (Å²) in [5, 5.41) is 9.57. The molecule has 0 saturated heterocycles. The average Bonchev–Trinajstić information content (AvgIpc) is 2.42. The van der Waals surface area contributed by atoms with Gasteiger partial charge in [-0.2, -0.15) is 0 Å². The summed E-state index contributed by atoms with van der Waals surface area (Å²) in [4.78, 5) is 4.35. The van der Waals surface area contributed by atoms with Crippen LogP contribution in [-0.2, 0) is 18.3 Å². The average molecular weight is 354 g/mol. The van der Waals surface area contributed by atoms with Crippen molar-refractivity contribution in [2.45, 2.75) is 6.92 Å². The molecule has 19 heavy (non-hydrogen) atoms. The molecule has 2 rings (SSSR count). The van der Waals surface area contributed by atoms with Crippen LogP contribution in [0.4, 0.5) is 5.69 Å². The van der Waals surface area contributed by atoms with Gasteiger partial charge < -0.3 is 12.5 Å². The number of benzene rings is 2. The Morgan fingerprint density at radius 1 is 1.05 bits per heavy atom. The third kappa shape index (κ3) is 5.73. The van der Waals surface area contributed by atoms with Gasteiger partial charge in [0.1, 0.15) is 5.75 Å². The molecule has 0 radical (unpaired) electrons. The molecule has 0 spiro atoms. The summed E-state index contributed by atoms with van der Waals surface area (Å²) in [6.45, 7) is 2.01. The minimum absolute atomic E-state index is 0. The predicted octanol–water partition coefficient (Wildman–Crippen LogP) is 4.74. The normalized spacial score (nSPS) is 9.32. The first-order valence-corrected chi connectivity index (χ1v) is 9.20. The second-order valence-electron chi connectivity index (χ2n) is 3.60. The molecule has 0 saturated carbocycles. The van der Waals surface area contributed by atoms with Gasteiger partial charge in [-0.05, 0) is 30.7 Å². The molecule has 98 valence electrons. The molecular formula is C15H16BrNOTi. The van der Waals surface area contributed by atoms with Crippen LogP contribution in [0.25, 0.3) is 0 Å². The van der Waals surface area contributed by atoms with Crippen LogP contribution in [0.2, 0.25) is 0 Å². The number of aliphatic imine (C=N–C) groups is 1. The van der Waals surface area contributed by atoms with Gasteiger partial charge in [0.15, 0.2) is 0 Å². The Labute approximate surface area is 133 Å². The van der Waals surface area contributed by atoms with Gasteiger partial charge >= 0.3 is 31.5 Å². The molecular weight excluding hydrogens is 338 g/mol. The van der Waals surface area contributed by atoms with Crippen LogP contribution < -0.4 is 0 Å². The number of rotatable bonds is 2. The second-order valence-corrected chi connectivity index (χ2v) is 3.60. The molecule has 2 aromatic rings. The minimum atomic E-state index is 0. The number of nitrogens with zero attached hydrogens (tertiary/aromatic N) is 1. The first-order chi connectivity index (χ1) is 8.77. The van der Waals surface area contributed by atoms with E-state index >= 15 is 0 Å². The summed E-state index contributed by atoms with van der Waals surface area (Å²) in [5.41, 5.74) is 2.77. The molecule has 0 aliphatic rings. The van der Waals surface area contributed by atoms with Gasteiger partial charge in [0.2, 0.25) is 0 Å². The predicted molar refractivity (Wildman–Crippen MR) is 81.9 cm³/mol. The number of para-hydroxylation sites is 2. The molecule has 1 N–H and O–H groups in total. The van der Waals surface area contributed by atoms with Crippen LogP contribution in [0.5, 0.6) is 5.75 Å². The van der Waals surface area contributed by atoms with E-state index in [2.05, 4.69) is 18.2 Å². The van der Waals surface area contributed by atoms with Crippen molar-refractivity contribution in [2.24, 2.45) is 4.99 Å². The molecule has 0 atom stereocenters. The third-order valence-electron chi connectivity index (χ3n) is 2.39. The number of phenols is 1. The van der Waals surface area contributed by atoms with Crippen LogP contribution >= 0.6 is 13.2 Å². The van der Waals surface area contributed by atoms with E-state index in [0.29, 0.717) is 0 Å². The number of aromatic hydroxyl groups is 1. The fourth-order valence-corrected chi connectivity index (χ4v) is 1.44. The zero-order valence-electron chi connectivity index (χ0n) is 11.0. The second kappa shape index (κ2) is 9.96. The standard InChI is InChI=1S/C14H13NO.CH3.BrH.Ti/c1-11-6-2-4-8-13(11)15-10-12-7-3-5-9-14(12)16;;;/h2-10,16H,1H3;1H3;1H;/q;-1;;+2/p-1. The number of hydrogen-bond donors (Lipinski definition) is 1. The van der Waals surface area contributed by atoms with Crippen LogP contribution in [0.15, 0.2) is 53.5 Å². The van der Waals surface area contributed by atoms with Crippen LogP contribution in [0.1, 0.15) is 11.1 Å². The van der Waals surface area contributed by atoms with Gasteiger partial charge in [-0.1, -0.05) is 30.3 Å². The van der Waals surface area contributed by atoms with E-state index in [0.717, 1.165) is 16.8 Å². The number of hydrogen-bond acceptors (Lipinski definition) is 2. The van der Waals surface area contributed by atoms with Gasteiger partial charge in [-0.25, -0.2) is 0 Å². The first kappa shape index (κ1) is 18.1. The molecule has 0 bridgehead atoms. The van der Waals surface area contributed by atoms with Crippen molar-refractivity contribution in [3.05, 3.63) is 67.1 Å². The van der Waals surface area contributed by atoms with E-state index in [1.54, 1.807) is 18.3 Å².